The molecule has 0 aliphatic rings. The Morgan fingerprint density at radius 2 is 2.22 bits per heavy atom. The number of aromatic nitrogens is 2. The van der Waals surface area contributed by atoms with Gasteiger partial charge in [0.05, 0.1) is 24.0 Å². The van der Waals surface area contributed by atoms with Gasteiger partial charge in [-0.3, -0.25) is 4.79 Å². The fourth-order valence-corrected chi connectivity index (χ4v) is 1.25. The van der Waals surface area contributed by atoms with Crippen molar-refractivity contribution in [3.05, 3.63) is 18.2 Å². The first kappa shape index (κ1) is 14.0. The van der Waals surface area contributed by atoms with Crippen LogP contribution in [-0.4, -0.2) is 33.6 Å². The molecule has 100 valence electrons. The molecule has 0 spiro atoms. The van der Waals surface area contributed by atoms with Crippen molar-refractivity contribution in [2.24, 2.45) is 5.41 Å². The van der Waals surface area contributed by atoms with Crippen LogP contribution in [0.1, 0.15) is 26.0 Å². The summed E-state index contributed by atoms with van der Waals surface area (Å²) in [5, 5.41) is 14.2. The molecule has 0 aliphatic carbocycles. The van der Waals surface area contributed by atoms with Gasteiger partial charge in [-0.2, -0.15) is 0 Å². The Morgan fingerprint density at radius 3 is 2.72 bits per heavy atom. The molecule has 0 aliphatic heterocycles. The number of nitrogens with zero attached hydrogens (tertiary/aromatic N) is 1. The van der Waals surface area contributed by atoms with Gasteiger partial charge in [0.15, 0.2) is 0 Å². The number of aromatic amines is 1. The molecule has 1 heterocycles. The molecule has 18 heavy (non-hydrogen) atoms. The molecule has 0 saturated heterocycles. The van der Waals surface area contributed by atoms with E-state index < -0.39 is 17.4 Å². The Hall–Kier alpha value is -2.05. The average molecular weight is 254 g/mol. The molecule has 0 aromatic carbocycles. The summed E-state index contributed by atoms with van der Waals surface area (Å²) < 4.78 is 0. The molecule has 0 fully saturated rings. The summed E-state index contributed by atoms with van der Waals surface area (Å²) in [7, 11) is 0. The molecule has 7 heteroatoms. The van der Waals surface area contributed by atoms with E-state index in [1.807, 2.05) is 0 Å². The smallest absolute Gasteiger partial charge is 0.315 e. The number of imidazole rings is 1. The van der Waals surface area contributed by atoms with Gasteiger partial charge in [-0.15, -0.1) is 0 Å². The van der Waals surface area contributed by atoms with Crippen LogP contribution in [0.2, 0.25) is 0 Å². The molecule has 2 amide bonds. The Balaban J connectivity index is 2.34. The number of nitrogens with one attached hydrogen (secondary N) is 3. The van der Waals surface area contributed by atoms with Crippen molar-refractivity contribution < 1.29 is 14.7 Å². The summed E-state index contributed by atoms with van der Waals surface area (Å²) in [5.74, 6) is -0.918. The number of hydrogen-bond donors (Lipinski definition) is 4. The predicted molar refractivity (Wildman–Crippen MR) is 64.9 cm³/mol. The van der Waals surface area contributed by atoms with Crippen molar-refractivity contribution >= 4 is 12.0 Å². The lowest BCUT2D eigenvalue weighted by Crippen LogP contribution is -2.44. The van der Waals surface area contributed by atoms with Crippen LogP contribution in [0.4, 0.5) is 4.79 Å². The third-order valence-corrected chi connectivity index (χ3v) is 2.93. The highest BCUT2D eigenvalue weighted by molar-refractivity contribution is 5.77. The predicted octanol–water partition coefficient (Wildman–Crippen LogP) is 0.710. The first-order chi connectivity index (χ1) is 8.48. The van der Waals surface area contributed by atoms with Crippen molar-refractivity contribution in [1.82, 2.24) is 20.6 Å². The number of H-pyrrole nitrogens is 1. The maximum absolute atomic E-state index is 11.5. The second-order valence-electron chi connectivity index (χ2n) is 4.33. The maximum atomic E-state index is 11.5. The minimum absolute atomic E-state index is 0.0909. The van der Waals surface area contributed by atoms with E-state index in [0.29, 0.717) is 13.0 Å². The molecule has 7 nitrogen and oxygen atoms in total. The van der Waals surface area contributed by atoms with Gasteiger partial charge in [0, 0.05) is 12.7 Å². The molecular weight excluding hydrogens is 236 g/mol. The lowest BCUT2D eigenvalue weighted by atomic mass is 9.88. The van der Waals surface area contributed by atoms with Crippen LogP contribution in [0.25, 0.3) is 0 Å². The van der Waals surface area contributed by atoms with Crippen LogP contribution in [0.5, 0.6) is 0 Å². The standard InChI is InChI=1S/C11H18N4O3/c1-3-11(2,9(16)17)6-14-10(18)13-5-8-4-12-7-15-8/h4,7H,3,5-6H2,1-2H3,(H,12,15)(H,16,17)(H2,13,14,18). The van der Waals surface area contributed by atoms with E-state index in [2.05, 4.69) is 20.6 Å². The quantitative estimate of drug-likeness (QED) is 0.599. The van der Waals surface area contributed by atoms with E-state index in [9.17, 15) is 9.59 Å². The van der Waals surface area contributed by atoms with Crippen LogP contribution in [0.15, 0.2) is 12.5 Å². The second kappa shape index (κ2) is 6.04. The number of carboxylic acid groups (broad SMARTS) is 1. The zero-order valence-electron chi connectivity index (χ0n) is 10.5. The molecule has 1 aromatic rings. The number of urea groups is 1. The molecule has 0 radical (unpaired) electrons. The zero-order valence-corrected chi connectivity index (χ0v) is 10.5. The normalized spacial score (nSPS) is 13.7. The monoisotopic (exact) mass is 254 g/mol. The van der Waals surface area contributed by atoms with E-state index in [-0.39, 0.29) is 6.54 Å². The highest BCUT2D eigenvalue weighted by Crippen LogP contribution is 2.19. The van der Waals surface area contributed by atoms with Crippen molar-refractivity contribution in [2.75, 3.05) is 6.54 Å². The number of carbonyl (C=O) groups is 2. The summed E-state index contributed by atoms with van der Waals surface area (Å²) in [6.07, 6.45) is 3.57. The molecule has 1 rings (SSSR count). The van der Waals surface area contributed by atoms with Gasteiger partial charge in [0.1, 0.15) is 0 Å². The van der Waals surface area contributed by atoms with Gasteiger partial charge < -0.3 is 20.7 Å². The fraction of sp³-hybridized carbons (Fsp3) is 0.545. The topological polar surface area (TPSA) is 107 Å². The van der Waals surface area contributed by atoms with Gasteiger partial charge in [0.2, 0.25) is 0 Å². The fourth-order valence-electron chi connectivity index (χ4n) is 1.25. The second-order valence-corrected chi connectivity index (χ2v) is 4.33. The summed E-state index contributed by atoms with van der Waals surface area (Å²) in [5.41, 5.74) is -0.160. The van der Waals surface area contributed by atoms with E-state index in [0.717, 1.165) is 5.69 Å². The van der Waals surface area contributed by atoms with E-state index >= 15 is 0 Å². The number of carbonyl (C=O) groups excluding carboxylic acids is 1. The minimum Gasteiger partial charge on any atom is -0.481 e. The number of aliphatic carboxylic acids is 1. The summed E-state index contributed by atoms with van der Waals surface area (Å²) in [4.78, 5) is 29.2. The lowest BCUT2D eigenvalue weighted by molar-refractivity contribution is -0.147. The summed E-state index contributed by atoms with van der Waals surface area (Å²) in [6.45, 7) is 3.79. The van der Waals surface area contributed by atoms with Crippen LogP contribution >= 0.6 is 0 Å². The summed E-state index contributed by atoms with van der Waals surface area (Å²) >= 11 is 0. The Morgan fingerprint density at radius 1 is 1.50 bits per heavy atom. The highest BCUT2D eigenvalue weighted by atomic mass is 16.4. The Kier molecular flexibility index (Phi) is 4.70. The molecular formula is C11H18N4O3. The molecule has 0 bridgehead atoms. The van der Waals surface area contributed by atoms with Gasteiger partial charge in [-0.25, -0.2) is 9.78 Å². The largest absolute Gasteiger partial charge is 0.481 e. The van der Waals surface area contributed by atoms with Crippen molar-refractivity contribution in [3.8, 4) is 0 Å². The van der Waals surface area contributed by atoms with Crippen LogP contribution in [0, 0.1) is 5.41 Å². The molecule has 1 atom stereocenters. The average Bonchev–Trinajstić information content (AvgIpc) is 2.86. The first-order valence-corrected chi connectivity index (χ1v) is 5.70. The highest BCUT2D eigenvalue weighted by Gasteiger charge is 2.31. The summed E-state index contributed by atoms with van der Waals surface area (Å²) in [6, 6.07) is -0.398. The third-order valence-electron chi connectivity index (χ3n) is 2.93. The van der Waals surface area contributed by atoms with Gasteiger partial charge >= 0.3 is 12.0 Å². The molecule has 0 saturated carbocycles. The molecule has 1 aromatic heterocycles. The molecule has 1 unspecified atom stereocenters. The molecule has 4 N–H and O–H groups in total. The Labute approximate surface area is 105 Å². The van der Waals surface area contributed by atoms with Crippen molar-refractivity contribution in [1.29, 1.82) is 0 Å². The van der Waals surface area contributed by atoms with E-state index in [1.165, 1.54) is 6.33 Å². The zero-order chi connectivity index (χ0) is 13.6. The minimum atomic E-state index is -0.939. The maximum Gasteiger partial charge on any atom is 0.315 e. The van der Waals surface area contributed by atoms with Gasteiger partial charge in [-0.05, 0) is 13.3 Å². The van der Waals surface area contributed by atoms with Gasteiger partial charge in [-0.1, -0.05) is 6.92 Å². The van der Waals surface area contributed by atoms with Crippen molar-refractivity contribution in [3.63, 3.8) is 0 Å². The SMILES string of the molecule is CCC(C)(CNC(=O)NCc1cnc[nH]1)C(=O)O. The van der Waals surface area contributed by atoms with Crippen LogP contribution in [0.3, 0.4) is 0 Å². The number of rotatable bonds is 6. The third kappa shape index (κ3) is 3.76. The van der Waals surface area contributed by atoms with E-state index in [4.69, 9.17) is 5.11 Å². The van der Waals surface area contributed by atoms with Crippen molar-refractivity contribution in [2.45, 2.75) is 26.8 Å². The first-order valence-electron chi connectivity index (χ1n) is 5.70. The van der Waals surface area contributed by atoms with Crippen LogP contribution < -0.4 is 10.6 Å². The van der Waals surface area contributed by atoms with Crippen LogP contribution in [-0.2, 0) is 11.3 Å². The number of amides is 2. The number of hydrogen-bond acceptors (Lipinski definition) is 3. The lowest BCUT2D eigenvalue weighted by Gasteiger charge is -2.23. The Bertz CT molecular complexity index is 404. The van der Waals surface area contributed by atoms with Gasteiger partial charge in [0.25, 0.3) is 0 Å². The number of carboxylic acids is 1. The van der Waals surface area contributed by atoms with E-state index in [1.54, 1.807) is 20.0 Å².